The maximum absolute atomic E-state index is 10.7. The molecule has 0 radical (unpaired) electrons. The van der Waals surface area contributed by atoms with Gasteiger partial charge in [-0.1, -0.05) is 115 Å². The summed E-state index contributed by atoms with van der Waals surface area (Å²) in [5, 5.41) is 4.90. The Kier molecular flexibility index (Phi) is 10.0. The molecule has 0 fully saturated rings. The van der Waals surface area contributed by atoms with Gasteiger partial charge in [0.2, 0.25) is 0 Å². The van der Waals surface area contributed by atoms with Crippen LogP contribution in [0.25, 0.3) is 21.5 Å². The highest BCUT2D eigenvalue weighted by molar-refractivity contribution is 7.86. The van der Waals surface area contributed by atoms with E-state index in [4.69, 9.17) is 19.2 Å². The van der Waals surface area contributed by atoms with Crippen LogP contribution in [0.4, 0.5) is 0 Å². The number of benzene rings is 4. The molecule has 1 N–H and O–H groups in total. The highest BCUT2D eigenvalue weighted by atomic mass is 32.2. The van der Waals surface area contributed by atoms with Crippen LogP contribution >= 0.6 is 0 Å². The third-order valence-electron chi connectivity index (χ3n) is 5.71. The molecule has 4 rings (SSSR count). The second-order valence-electron chi connectivity index (χ2n) is 12.5. The molecular formula is C43H54N2O3S. The molecule has 5 nitrogen and oxygen atoms in total. The van der Waals surface area contributed by atoms with Gasteiger partial charge < -0.3 is 5.32 Å². The summed E-state index contributed by atoms with van der Waals surface area (Å²) in [5.41, 5.74) is -0.0610. The number of hydrogen-bond acceptors (Lipinski definition) is 5. The van der Waals surface area contributed by atoms with E-state index in [1.165, 1.54) is 18.2 Å². The second kappa shape index (κ2) is 20.4. The fourth-order valence-electron chi connectivity index (χ4n) is 3.74. The van der Waals surface area contributed by atoms with E-state index >= 15 is 0 Å². The lowest BCUT2D eigenvalue weighted by molar-refractivity contribution is 0.361. The van der Waals surface area contributed by atoms with Crippen LogP contribution in [-0.4, -0.2) is 46.6 Å². The van der Waals surface area contributed by atoms with Gasteiger partial charge in [-0.15, -0.1) is 0 Å². The highest BCUT2D eigenvalue weighted by Crippen LogP contribution is 2.20. The van der Waals surface area contributed by atoms with E-state index in [9.17, 15) is 8.42 Å². The van der Waals surface area contributed by atoms with Crippen LogP contribution in [0.15, 0.2) is 109 Å². The molecule has 49 heavy (non-hydrogen) atoms. The van der Waals surface area contributed by atoms with Crippen molar-refractivity contribution in [3.63, 3.8) is 0 Å². The van der Waals surface area contributed by atoms with Gasteiger partial charge in [-0.3, -0.25) is 9.08 Å². The Balaban J connectivity index is 0.000000346. The summed E-state index contributed by atoms with van der Waals surface area (Å²) in [5.74, 6) is 11.1. The minimum Gasteiger partial charge on any atom is -0.316 e. The quantitative estimate of drug-likeness (QED) is 0.140. The Morgan fingerprint density at radius 1 is 0.776 bits per heavy atom. The van der Waals surface area contributed by atoms with Crippen molar-refractivity contribution in [3.8, 4) is 23.7 Å². The average Bonchev–Trinajstić information content (AvgIpc) is 3.08. The Morgan fingerprint density at radius 2 is 1.29 bits per heavy atom. The molecule has 0 amide bonds. The van der Waals surface area contributed by atoms with Gasteiger partial charge in [-0.25, -0.2) is 0 Å². The van der Waals surface area contributed by atoms with Crippen molar-refractivity contribution in [2.24, 2.45) is 10.8 Å². The summed E-state index contributed by atoms with van der Waals surface area (Å²) in [6, 6.07) is 24.4. The van der Waals surface area contributed by atoms with Gasteiger partial charge in [0.15, 0.2) is 0 Å². The summed E-state index contributed by atoms with van der Waals surface area (Å²) in [6.45, 7) is -3.82. The van der Waals surface area contributed by atoms with E-state index in [0.29, 0.717) is 16.3 Å². The normalized spacial score (nSPS) is 17.6. The van der Waals surface area contributed by atoms with E-state index < -0.39 is 50.1 Å². The Morgan fingerprint density at radius 3 is 1.82 bits per heavy atom. The molecule has 0 aliphatic rings. The van der Waals surface area contributed by atoms with E-state index in [2.05, 4.69) is 27.9 Å². The molecule has 260 valence electrons. The number of hydrogen-bond donors (Lipinski definition) is 1. The summed E-state index contributed by atoms with van der Waals surface area (Å²) < 4.78 is 135. The lowest BCUT2D eigenvalue weighted by Crippen LogP contribution is -2.17. The molecule has 0 saturated heterocycles. The zero-order valence-corrected chi connectivity index (χ0v) is 29.8. The topological polar surface area (TPSA) is 58.6 Å². The molecule has 0 heterocycles. The molecule has 0 spiro atoms. The fraction of sp³-hybridized carbons (Fsp3) is 0.349. The first-order valence-electron chi connectivity index (χ1n) is 22.2. The number of fused-ring (bicyclic) bond motifs is 2. The van der Waals surface area contributed by atoms with Crippen LogP contribution in [0, 0.1) is 34.5 Å². The highest BCUT2D eigenvalue weighted by Gasteiger charge is 2.04. The van der Waals surface area contributed by atoms with Crippen molar-refractivity contribution in [2.75, 3.05) is 33.3 Å². The zero-order chi connectivity index (χ0) is 48.5. The smallest absolute Gasteiger partial charge is 0.264 e. The lowest BCUT2D eigenvalue weighted by Gasteiger charge is -2.15. The van der Waals surface area contributed by atoms with Gasteiger partial charge in [0.1, 0.15) is 0 Å². The first-order chi connectivity index (χ1) is 28.4. The minimum atomic E-state index is -3.82. The molecule has 4 aromatic rings. The molecule has 4 aromatic carbocycles. The third-order valence-corrected chi connectivity index (χ3v) is 6.11. The van der Waals surface area contributed by atoms with Crippen LogP contribution in [0.3, 0.4) is 0 Å². The standard InChI is InChI=1S/C21H25N.C12H13N.C10H16O3S/c1-21(2,3)15-8-5-9-16-22(4)17-19-13-10-12-18-11-6-7-14-20(18)19;1-13-9-11-7-4-6-10-5-2-3-8-12(10)11;1-10(2,3)8-6-5-7-9-13-14(4,11)12/h5-7,9-14H,16-17H2,1-4H3;2-8,13H,9H2,1H3;5,7H,9H2,1-4H3/b9-5+;;7-5+/i4D3,16D2,17D2;1D3,9D2;9D2. The summed E-state index contributed by atoms with van der Waals surface area (Å²) >= 11 is 0. The van der Waals surface area contributed by atoms with Crippen LogP contribution in [0.1, 0.15) is 71.9 Å². The van der Waals surface area contributed by atoms with Gasteiger partial charge in [0.25, 0.3) is 10.1 Å². The maximum atomic E-state index is 10.7. The van der Waals surface area contributed by atoms with Crippen molar-refractivity contribution in [2.45, 2.75) is 54.5 Å². The molecule has 0 aliphatic heterocycles. The van der Waals surface area contributed by atoms with Gasteiger partial charge in [-0.2, -0.15) is 8.42 Å². The Hall–Kier alpha value is -4.17. The summed E-state index contributed by atoms with van der Waals surface area (Å²) in [4.78, 5) is 0.282. The number of nitrogens with one attached hydrogen (secondary N) is 1. The number of allylic oxidation sites excluding steroid dienone is 2. The van der Waals surface area contributed by atoms with E-state index in [-0.39, 0.29) is 21.3 Å². The molecule has 6 heteroatoms. The van der Waals surface area contributed by atoms with Gasteiger partial charge in [0.05, 0.1) is 15.6 Å². The van der Waals surface area contributed by atoms with E-state index in [1.807, 2.05) is 65.1 Å². The molecule has 0 atom stereocenters. The van der Waals surface area contributed by atoms with Crippen molar-refractivity contribution >= 4 is 31.7 Å². The Bertz CT molecular complexity index is 2470. The van der Waals surface area contributed by atoms with Crippen LogP contribution in [0.2, 0.25) is 0 Å². The third kappa shape index (κ3) is 18.2. The molecule has 0 saturated carbocycles. The molecule has 0 unspecified atom stereocenters. The second-order valence-corrected chi connectivity index (χ2v) is 14.1. The summed E-state index contributed by atoms with van der Waals surface area (Å²) in [6.07, 6.45) is 5.23. The first-order valence-corrected chi connectivity index (χ1v) is 17.1. The predicted molar refractivity (Wildman–Crippen MR) is 211 cm³/mol. The molecule has 0 bridgehead atoms. The van der Waals surface area contributed by atoms with E-state index in [1.54, 1.807) is 60.7 Å². The van der Waals surface area contributed by atoms with Crippen molar-refractivity contribution in [1.82, 2.24) is 10.2 Å². The van der Waals surface area contributed by atoms with Crippen molar-refractivity contribution < 1.29 is 31.8 Å². The molecule has 0 aromatic heterocycles. The van der Waals surface area contributed by atoms with Crippen molar-refractivity contribution in [1.29, 1.82) is 0 Å². The van der Waals surface area contributed by atoms with Crippen LogP contribution in [0.5, 0.6) is 0 Å². The van der Waals surface area contributed by atoms with Crippen molar-refractivity contribution in [3.05, 3.63) is 120 Å². The van der Waals surface area contributed by atoms with Gasteiger partial charge >= 0.3 is 0 Å². The minimum absolute atomic E-state index is 0.0878. The zero-order valence-electron chi connectivity index (χ0n) is 43.0. The van der Waals surface area contributed by atoms with Gasteiger partial charge in [0, 0.05) is 46.8 Å². The van der Waals surface area contributed by atoms with Gasteiger partial charge in [-0.05, 0) is 106 Å². The number of likely N-dealkylation sites (N-methyl/N-ethyl adjacent to an activating group) is 1. The lowest BCUT2D eigenvalue weighted by atomic mass is 9.98. The summed E-state index contributed by atoms with van der Waals surface area (Å²) in [7, 11) is -3.82. The number of rotatable bonds is 9. The molecule has 0 aliphatic carbocycles. The fourth-order valence-corrected chi connectivity index (χ4v) is 3.97. The predicted octanol–water partition coefficient (Wildman–Crippen LogP) is 9.00. The first kappa shape index (κ1) is 24.1. The monoisotopic (exact) mass is 692 g/mol. The molecular weight excluding hydrogens is 625 g/mol. The maximum Gasteiger partial charge on any atom is 0.264 e. The average molecular weight is 693 g/mol. The number of nitrogens with zero attached hydrogens (tertiary/aromatic N) is 1. The Labute approximate surface area is 316 Å². The largest absolute Gasteiger partial charge is 0.316 e. The van der Waals surface area contributed by atoms with Crippen LogP contribution in [-0.2, 0) is 27.3 Å². The SMILES string of the molecule is [2H]C([2H])(/C=C/C#CC(C)(C)C)OS(C)(=O)=O.[2H]C([2H])([2H])N(C([2H])([2H])/C=C/C#CC(C)(C)C)C([2H])([2H])c1cccc2ccccc12.[2H]C([2H])([2H])NC([2H])([2H])c1cccc2ccccc12. The van der Waals surface area contributed by atoms with E-state index in [0.717, 1.165) is 29.2 Å². The van der Waals surface area contributed by atoms with Crippen LogP contribution < -0.4 is 5.32 Å².